The number of rotatable bonds is 3. The molecule has 1 atom stereocenters. The van der Waals surface area contributed by atoms with E-state index >= 15 is 0 Å². The van der Waals surface area contributed by atoms with Gasteiger partial charge in [-0.25, -0.2) is 0 Å². The van der Waals surface area contributed by atoms with Crippen LogP contribution < -0.4 is 0 Å². The van der Waals surface area contributed by atoms with Crippen LogP contribution in [0.25, 0.3) is 0 Å². The van der Waals surface area contributed by atoms with Crippen LogP contribution in [0.1, 0.15) is 18.4 Å². The fraction of sp³-hybridized carbons (Fsp3) is 0.588. The normalized spacial score (nSPS) is 23.5. The van der Waals surface area contributed by atoms with Crippen LogP contribution in [0.3, 0.4) is 0 Å². The summed E-state index contributed by atoms with van der Waals surface area (Å²) in [5.74, 6) is 0.418. The van der Waals surface area contributed by atoms with Gasteiger partial charge in [-0.3, -0.25) is 9.69 Å². The summed E-state index contributed by atoms with van der Waals surface area (Å²) in [6, 6.07) is 7.96. The fourth-order valence-electron chi connectivity index (χ4n) is 3.31. The Kier molecular flexibility index (Phi) is 5.34. The topological polar surface area (TPSA) is 32.8 Å². The lowest BCUT2D eigenvalue weighted by molar-refractivity contribution is -0.141. The van der Waals surface area contributed by atoms with Crippen molar-refractivity contribution in [3.63, 3.8) is 0 Å². The molecule has 120 valence electrons. The minimum absolute atomic E-state index is 0.120. The smallest absolute Gasteiger partial charge is 0.227 e. The molecule has 5 heteroatoms. The van der Waals surface area contributed by atoms with E-state index in [4.69, 9.17) is 16.3 Å². The third-order valence-electron chi connectivity index (χ3n) is 4.53. The molecule has 0 bridgehead atoms. The largest absolute Gasteiger partial charge is 0.378 e. The van der Waals surface area contributed by atoms with E-state index in [1.165, 1.54) is 0 Å². The highest BCUT2D eigenvalue weighted by atomic mass is 35.5. The Hall–Kier alpha value is -1.10. The van der Waals surface area contributed by atoms with Crippen molar-refractivity contribution in [1.82, 2.24) is 9.80 Å². The van der Waals surface area contributed by atoms with Crippen molar-refractivity contribution in [2.45, 2.75) is 19.4 Å². The predicted molar refractivity (Wildman–Crippen MR) is 86.9 cm³/mol. The number of ether oxygens (including phenoxy) is 1. The van der Waals surface area contributed by atoms with Crippen molar-refractivity contribution in [1.29, 1.82) is 0 Å². The highest BCUT2D eigenvalue weighted by molar-refractivity contribution is 6.31. The Morgan fingerprint density at radius 3 is 2.77 bits per heavy atom. The molecule has 1 unspecified atom stereocenters. The molecule has 0 radical (unpaired) electrons. The van der Waals surface area contributed by atoms with Gasteiger partial charge in [-0.15, -0.1) is 0 Å². The number of benzene rings is 1. The maximum Gasteiger partial charge on any atom is 0.227 e. The Labute approximate surface area is 137 Å². The van der Waals surface area contributed by atoms with E-state index in [0.29, 0.717) is 19.1 Å². The van der Waals surface area contributed by atoms with Crippen molar-refractivity contribution >= 4 is 17.5 Å². The van der Waals surface area contributed by atoms with E-state index in [1.54, 1.807) is 0 Å². The molecule has 2 aliphatic rings. The molecule has 1 aromatic rings. The third kappa shape index (κ3) is 3.80. The number of carbonyl (C=O) groups is 1. The predicted octanol–water partition coefficient (Wildman–Crippen LogP) is 2.41. The number of piperidine rings is 1. The van der Waals surface area contributed by atoms with Crippen LogP contribution in [0.4, 0.5) is 0 Å². The van der Waals surface area contributed by atoms with Crippen molar-refractivity contribution in [2.75, 3.05) is 39.4 Å². The van der Waals surface area contributed by atoms with Crippen LogP contribution in [0, 0.1) is 5.92 Å². The quantitative estimate of drug-likeness (QED) is 0.856. The summed E-state index contributed by atoms with van der Waals surface area (Å²) in [6.07, 6.45) is 2.07. The number of hydrogen-bond acceptors (Lipinski definition) is 3. The lowest BCUT2D eigenvalue weighted by Crippen LogP contribution is -2.48. The van der Waals surface area contributed by atoms with Gasteiger partial charge in [0.1, 0.15) is 0 Å². The molecule has 0 saturated carbocycles. The Balaban J connectivity index is 1.59. The van der Waals surface area contributed by atoms with E-state index in [9.17, 15) is 4.79 Å². The molecule has 22 heavy (non-hydrogen) atoms. The molecule has 1 aromatic carbocycles. The fourth-order valence-corrected chi connectivity index (χ4v) is 3.51. The van der Waals surface area contributed by atoms with Gasteiger partial charge in [-0.05, 0) is 31.0 Å². The lowest BCUT2D eigenvalue weighted by Gasteiger charge is -2.36. The second kappa shape index (κ2) is 7.44. The summed E-state index contributed by atoms with van der Waals surface area (Å²) in [5.41, 5.74) is 1.14. The first-order valence-electron chi connectivity index (χ1n) is 8.06. The minimum Gasteiger partial charge on any atom is -0.378 e. The van der Waals surface area contributed by atoms with E-state index in [1.807, 2.05) is 23.1 Å². The highest BCUT2D eigenvalue weighted by Gasteiger charge is 2.30. The van der Waals surface area contributed by atoms with Gasteiger partial charge in [-0.1, -0.05) is 29.8 Å². The first-order valence-corrected chi connectivity index (χ1v) is 8.44. The average molecular weight is 323 g/mol. The van der Waals surface area contributed by atoms with Crippen LogP contribution in [0.15, 0.2) is 24.3 Å². The molecule has 2 heterocycles. The Morgan fingerprint density at radius 1 is 1.23 bits per heavy atom. The number of nitrogens with zero attached hydrogens (tertiary/aromatic N) is 2. The maximum atomic E-state index is 12.6. The van der Waals surface area contributed by atoms with Crippen molar-refractivity contribution in [2.24, 2.45) is 5.92 Å². The lowest BCUT2D eigenvalue weighted by atomic mass is 9.96. The average Bonchev–Trinajstić information content (AvgIpc) is 2.57. The van der Waals surface area contributed by atoms with E-state index in [0.717, 1.165) is 56.2 Å². The summed E-state index contributed by atoms with van der Waals surface area (Å²) in [7, 11) is 0. The zero-order chi connectivity index (χ0) is 15.4. The molecule has 0 spiro atoms. The molecule has 0 aromatic heterocycles. The van der Waals surface area contributed by atoms with Crippen molar-refractivity contribution in [3.8, 4) is 0 Å². The molecular formula is C17H23ClN2O2. The molecule has 0 N–H and O–H groups in total. The molecule has 0 aliphatic carbocycles. The second-order valence-electron chi connectivity index (χ2n) is 6.10. The monoisotopic (exact) mass is 322 g/mol. The number of carbonyl (C=O) groups excluding carboxylic acids is 1. The Bertz CT molecular complexity index is 517. The van der Waals surface area contributed by atoms with Crippen LogP contribution >= 0.6 is 11.6 Å². The zero-order valence-electron chi connectivity index (χ0n) is 12.8. The molecule has 2 fully saturated rings. The molecule has 4 nitrogen and oxygen atoms in total. The van der Waals surface area contributed by atoms with Crippen LogP contribution in [0.5, 0.6) is 0 Å². The van der Waals surface area contributed by atoms with Crippen molar-refractivity contribution in [3.05, 3.63) is 34.9 Å². The Morgan fingerprint density at radius 2 is 2.00 bits per heavy atom. The van der Waals surface area contributed by atoms with E-state index < -0.39 is 0 Å². The zero-order valence-corrected chi connectivity index (χ0v) is 13.6. The number of hydrogen-bond donors (Lipinski definition) is 0. The molecular weight excluding hydrogens is 300 g/mol. The third-order valence-corrected chi connectivity index (χ3v) is 4.90. The second-order valence-corrected chi connectivity index (χ2v) is 6.51. The van der Waals surface area contributed by atoms with Gasteiger partial charge in [0.2, 0.25) is 5.91 Å². The van der Waals surface area contributed by atoms with Crippen LogP contribution in [0.2, 0.25) is 5.02 Å². The SMILES string of the molecule is O=C(C1CCCN(Cc2ccccc2Cl)C1)N1CCOCC1. The summed E-state index contributed by atoms with van der Waals surface area (Å²) in [5, 5.41) is 0.809. The maximum absolute atomic E-state index is 12.6. The first-order chi connectivity index (χ1) is 10.7. The van der Waals surface area contributed by atoms with Gasteiger partial charge in [0.05, 0.1) is 19.1 Å². The number of likely N-dealkylation sites (tertiary alicyclic amines) is 1. The minimum atomic E-state index is 0.120. The van der Waals surface area contributed by atoms with Crippen LogP contribution in [-0.4, -0.2) is 55.1 Å². The molecule has 3 rings (SSSR count). The summed E-state index contributed by atoms with van der Waals surface area (Å²) in [4.78, 5) is 17.0. The number of halogens is 1. The molecule has 2 aliphatic heterocycles. The van der Waals surface area contributed by atoms with Gasteiger partial charge >= 0.3 is 0 Å². The number of amides is 1. The summed E-state index contributed by atoms with van der Waals surface area (Å²) < 4.78 is 5.33. The van der Waals surface area contributed by atoms with Gasteiger partial charge < -0.3 is 9.64 Å². The van der Waals surface area contributed by atoms with Crippen LogP contribution in [-0.2, 0) is 16.1 Å². The molecule has 1 amide bonds. The first kappa shape index (κ1) is 15.8. The van der Waals surface area contributed by atoms with Crippen molar-refractivity contribution < 1.29 is 9.53 Å². The summed E-state index contributed by atoms with van der Waals surface area (Å²) in [6.45, 7) is 5.51. The summed E-state index contributed by atoms with van der Waals surface area (Å²) >= 11 is 6.25. The van der Waals surface area contributed by atoms with E-state index in [2.05, 4.69) is 11.0 Å². The van der Waals surface area contributed by atoms with Gasteiger partial charge in [0.15, 0.2) is 0 Å². The van der Waals surface area contributed by atoms with Gasteiger partial charge in [0.25, 0.3) is 0 Å². The van der Waals surface area contributed by atoms with Gasteiger partial charge in [0, 0.05) is 31.2 Å². The standard InChI is InChI=1S/C17H23ClN2O2/c18-16-6-2-1-4-14(16)12-19-7-3-5-15(13-19)17(21)20-8-10-22-11-9-20/h1-2,4,6,15H,3,5,7-13H2. The van der Waals surface area contributed by atoms with Gasteiger partial charge in [-0.2, -0.15) is 0 Å². The highest BCUT2D eigenvalue weighted by Crippen LogP contribution is 2.23. The number of morpholine rings is 1. The molecule has 2 saturated heterocycles. The van der Waals surface area contributed by atoms with E-state index in [-0.39, 0.29) is 5.92 Å².